The Balaban J connectivity index is 2.57. The molecule has 1 aliphatic heterocycles. The maximum atomic E-state index is 10.5. The number of amides is 1. The molecule has 0 aromatic rings. The normalized spacial score (nSPS) is 26.6. The Kier molecular flexibility index (Phi) is 1.53. The second-order valence-electron chi connectivity index (χ2n) is 1.37. The Morgan fingerprint density at radius 3 is 2.75 bits per heavy atom. The van der Waals surface area contributed by atoms with Crippen molar-refractivity contribution in [2.45, 2.75) is 4.95 Å². The molecular weight excluding hydrogens is 172 g/mol. The molecule has 4 heteroatoms. The molecule has 0 radical (unpaired) electrons. The van der Waals surface area contributed by atoms with Crippen molar-refractivity contribution in [3.8, 4) is 0 Å². The van der Waals surface area contributed by atoms with Crippen molar-refractivity contribution < 1.29 is 4.79 Å². The monoisotopic (exact) mass is 176 g/mol. The summed E-state index contributed by atoms with van der Waals surface area (Å²) in [5.41, 5.74) is 0. The van der Waals surface area contributed by atoms with E-state index in [1.807, 2.05) is 0 Å². The van der Waals surface area contributed by atoms with E-state index in [1.54, 1.807) is 12.4 Å². The molecule has 0 aliphatic carbocycles. The molecule has 0 fully saturated rings. The zero-order chi connectivity index (χ0) is 5.98. The molecule has 8 heavy (non-hydrogen) atoms. The largest absolute Gasteiger partial charge is 0.370 e. The first-order chi connectivity index (χ1) is 3.80. The zero-order valence-corrected chi connectivity index (χ0v) is 5.60. The van der Waals surface area contributed by atoms with Gasteiger partial charge in [-0.1, -0.05) is 15.9 Å². The van der Waals surface area contributed by atoms with E-state index in [4.69, 9.17) is 0 Å². The van der Waals surface area contributed by atoms with Crippen molar-refractivity contribution in [3.63, 3.8) is 0 Å². The quantitative estimate of drug-likeness (QED) is 0.400. The maximum absolute atomic E-state index is 10.5. The van der Waals surface area contributed by atoms with Gasteiger partial charge in [0, 0.05) is 12.4 Å². The van der Waals surface area contributed by atoms with Crippen molar-refractivity contribution in [1.29, 1.82) is 0 Å². The minimum atomic E-state index is -0.271. The highest BCUT2D eigenvalue weighted by molar-refractivity contribution is 9.10. The maximum Gasteiger partial charge on any atom is 0.257 e. The van der Waals surface area contributed by atoms with Gasteiger partial charge in [-0.25, -0.2) is 0 Å². The number of carbonyl (C=O) groups excluding carboxylic acids is 1. The van der Waals surface area contributed by atoms with Crippen LogP contribution >= 0.6 is 15.9 Å². The molecule has 2 N–H and O–H groups in total. The van der Waals surface area contributed by atoms with Crippen LogP contribution in [0, 0.1) is 0 Å². The first-order valence-corrected chi connectivity index (χ1v) is 3.08. The van der Waals surface area contributed by atoms with Gasteiger partial charge in [0.05, 0.1) is 0 Å². The highest BCUT2D eigenvalue weighted by Gasteiger charge is 2.12. The van der Waals surface area contributed by atoms with Crippen molar-refractivity contribution in [1.82, 2.24) is 10.6 Å². The number of halogens is 1. The van der Waals surface area contributed by atoms with Gasteiger partial charge in [-0.2, -0.15) is 0 Å². The van der Waals surface area contributed by atoms with Crippen LogP contribution in [0.2, 0.25) is 0 Å². The molecular formula is C4H5BrN2O. The lowest BCUT2D eigenvalue weighted by molar-refractivity contribution is -0.120. The number of alkyl halides is 1. The lowest BCUT2D eigenvalue weighted by Gasteiger charge is -2.12. The van der Waals surface area contributed by atoms with Gasteiger partial charge in [-0.15, -0.1) is 0 Å². The second-order valence-corrected chi connectivity index (χ2v) is 2.29. The fourth-order valence-electron chi connectivity index (χ4n) is 0.405. The third-order valence-corrected chi connectivity index (χ3v) is 1.46. The minimum absolute atomic E-state index is 0.0625. The molecule has 0 bridgehead atoms. The second kappa shape index (κ2) is 2.17. The molecule has 3 nitrogen and oxygen atoms in total. The van der Waals surface area contributed by atoms with Crippen molar-refractivity contribution >= 4 is 21.8 Å². The summed E-state index contributed by atoms with van der Waals surface area (Å²) in [6.07, 6.45) is 3.22. The fraction of sp³-hybridized carbons (Fsp3) is 0.250. The molecule has 1 rings (SSSR count). The van der Waals surface area contributed by atoms with E-state index in [2.05, 4.69) is 26.6 Å². The number of rotatable bonds is 0. The lowest BCUT2D eigenvalue weighted by Crippen LogP contribution is -2.39. The average Bonchev–Trinajstić information content (AvgIpc) is 1.77. The third-order valence-electron chi connectivity index (χ3n) is 0.782. The molecule has 1 heterocycles. The Morgan fingerprint density at radius 2 is 2.38 bits per heavy atom. The summed E-state index contributed by atoms with van der Waals surface area (Å²) in [7, 11) is 0. The van der Waals surface area contributed by atoms with Crippen LogP contribution in [0.15, 0.2) is 12.4 Å². The summed E-state index contributed by atoms with van der Waals surface area (Å²) in [4.78, 5) is 10.3. The predicted molar refractivity (Wildman–Crippen MR) is 33.1 cm³/mol. The summed E-state index contributed by atoms with van der Waals surface area (Å²) >= 11 is 3.08. The van der Waals surface area contributed by atoms with Gasteiger partial charge >= 0.3 is 0 Å². The Morgan fingerprint density at radius 1 is 1.62 bits per heavy atom. The molecule has 0 saturated carbocycles. The molecule has 1 unspecified atom stereocenters. The first-order valence-electron chi connectivity index (χ1n) is 2.16. The van der Waals surface area contributed by atoms with Crippen LogP contribution < -0.4 is 10.6 Å². The van der Waals surface area contributed by atoms with Gasteiger partial charge in [0.15, 0.2) is 4.95 Å². The van der Waals surface area contributed by atoms with Gasteiger partial charge in [-0.3, -0.25) is 4.79 Å². The standard InChI is InChI=1S/C4H5BrN2O/c5-3-4(8)7-2-1-6-3/h1-3,6H,(H,7,8). The van der Waals surface area contributed by atoms with Gasteiger partial charge in [0.25, 0.3) is 5.91 Å². The van der Waals surface area contributed by atoms with E-state index in [0.717, 1.165) is 0 Å². The van der Waals surface area contributed by atoms with E-state index in [0.29, 0.717) is 0 Å². The Bertz CT molecular complexity index is 134. The number of nitrogens with one attached hydrogen (secondary N) is 2. The summed E-state index contributed by atoms with van der Waals surface area (Å²) in [6, 6.07) is 0. The molecule has 1 atom stereocenters. The summed E-state index contributed by atoms with van der Waals surface area (Å²) in [6.45, 7) is 0. The van der Waals surface area contributed by atoms with Gasteiger partial charge in [0.2, 0.25) is 0 Å². The van der Waals surface area contributed by atoms with Crippen LogP contribution in [-0.2, 0) is 4.79 Å². The Labute approximate surface area is 55.3 Å². The van der Waals surface area contributed by atoms with E-state index in [-0.39, 0.29) is 10.9 Å². The van der Waals surface area contributed by atoms with E-state index in [1.165, 1.54) is 0 Å². The summed E-state index contributed by atoms with van der Waals surface area (Å²) in [5, 5.41) is 5.26. The summed E-state index contributed by atoms with van der Waals surface area (Å²) < 4.78 is 0. The van der Waals surface area contributed by atoms with Crippen molar-refractivity contribution in [2.24, 2.45) is 0 Å². The molecule has 1 amide bonds. The lowest BCUT2D eigenvalue weighted by atomic mass is 10.5. The molecule has 44 valence electrons. The molecule has 0 aromatic carbocycles. The fourth-order valence-corrected chi connectivity index (χ4v) is 0.690. The molecule has 0 saturated heterocycles. The van der Waals surface area contributed by atoms with E-state index >= 15 is 0 Å². The van der Waals surface area contributed by atoms with Crippen LogP contribution in [-0.4, -0.2) is 10.9 Å². The Hall–Kier alpha value is -0.510. The first kappa shape index (κ1) is 5.62. The topological polar surface area (TPSA) is 41.1 Å². The third kappa shape index (κ3) is 1.01. The number of carbonyl (C=O) groups is 1. The van der Waals surface area contributed by atoms with Gasteiger partial charge in [-0.05, 0) is 0 Å². The highest BCUT2D eigenvalue weighted by atomic mass is 79.9. The predicted octanol–water partition coefficient (Wildman–Crippen LogP) is -0.102. The van der Waals surface area contributed by atoms with Crippen molar-refractivity contribution in [2.75, 3.05) is 0 Å². The van der Waals surface area contributed by atoms with Gasteiger partial charge < -0.3 is 10.6 Å². The summed E-state index contributed by atoms with van der Waals surface area (Å²) in [5.74, 6) is -0.0625. The highest BCUT2D eigenvalue weighted by Crippen LogP contribution is 1.96. The van der Waals surface area contributed by atoms with Gasteiger partial charge in [0.1, 0.15) is 0 Å². The average molecular weight is 177 g/mol. The number of hydrogen-bond donors (Lipinski definition) is 2. The van der Waals surface area contributed by atoms with Crippen molar-refractivity contribution in [3.05, 3.63) is 12.4 Å². The smallest absolute Gasteiger partial charge is 0.257 e. The van der Waals surface area contributed by atoms with E-state index in [9.17, 15) is 4.79 Å². The van der Waals surface area contributed by atoms with Crippen LogP contribution in [0.4, 0.5) is 0 Å². The van der Waals surface area contributed by atoms with Crippen LogP contribution in [0.3, 0.4) is 0 Å². The molecule has 1 aliphatic rings. The minimum Gasteiger partial charge on any atom is -0.370 e. The molecule has 0 spiro atoms. The van der Waals surface area contributed by atoms with Crippen LogP contribution in [0.1, 0.15) is 0 Å². The molecule has 0 aromatic heterocycles. The SMILES string of the molecule is O=C1NC=CNC1Br. The number of hydrogen-bond acceptors (Lipinski definition) is 2. The zero-order valence-electron chi connectivity index (χ0n) is 4.02. The van der Waals surface area contributed by atoms with Crippen LogP contribution in [0.25, 0.3) is 0 Å². The van der Waals surface area contributed by atoms with Crippen LogP contribution in [0.5, 0.6) is 0 Å². The van der Waals surface area contributed by atoms with E-state index < -0.39 is 0 Å².